The summed E-state index contributed by atoms with van der Waals surface area (Å²) in [4.78, 5) is 14.7. The van der Waals surface area contributed by atoms with Crippen molar-refractivity contribution in [1.82, 2.24) is 14.7 Å². The molecule has 5 nitrogen and oxygen atoms in total. The van der Waals surface area contributed by atoms with Crippen LogP contribution in [-0.4, -0.2) is 45.4 Å². The topological polar surface area (TPSA) is 58.4 Å². The summed E-state index contributed by atoms with van der Waals surface area (Å²) in [6.45, 7) is 5.52. The molecule has 1 N–H and O–H groups in total. The van der Waals surface area contributed by atoms with Crippen LogP contribution in [-0.2, 0) is 0 Å². The van der Waals surface area contributed by atoms with Crippen LogP contribution in [0.3, 0.4) is 0 Å². The van der Waals surface area contributed by atoms with Crippen LogP contribution in [0.15, 0.2) is 30.5 Å². The van der Waals surface area contributed by atoms with E-state index in [1.807, 2.05) is 29.2 Å². The highest BCUT2D eigenvalue weighted by Crippen LogP contribution is 2.27. The van der Waals surface area contributed by atoms with E-state index >= 15 is 0 Å². The molecule has 1 aliphatic rings. The molecule has 1 amide bonds. The van der Waals surface area contributed by atoms with Gasteiger partial charge in [-0.3, -0.25) is 4.79 Å². The second-order valence-corrected chi connectivity index (χ2v) is 7.01. The van der Waals surface area contributed by atoms with Gasteiger partial charge in [-0.25, -0.2) is 4.68 Å². The Morgan fingerprint density at radius 1 is 1.46 bits per heavy atom. The maximum atomic E-state index is 12.9. The first-order valence-electron chi connectivity index (χ1n) is 8.25. The number of likely N-dealkylation sites (tertiary alicyclic amines) is 1. The summed E-state index contributed by atoms with van der Waals surface area (Å²) in [6.07, 6.45) is 2.49. The maximum absolute atomic E-state index is 12.9. The molecular formula is C18H22ClN3O2. The molecule has 1 aromatic heterocycles. The van der Waals surface area contributed by atoms with E-state index in [0.29, 0.717) is 23.7 Å². The first-order chi connectivity index (χ1) is 11.5. The molecular weight excluding hydrogens is 326 g/mol. The fraction of sp³-hybridized carbons (Fsp3) is 0.444. The summed E-state index contributed by atoms with van der Waals surface area (Å²) in [6, 6.07) is 7.45. The number of carbonyl (C=O) groups excluding carboxylic acids is 1. The van der Waals surface area contributed by atoms with Crippen LogP contribution >= 0.6 is 11.6 Å². The van der Waals surface area contributed by atoms with Gasteiger partial charge in [0.1, 0.15) is 0 Å². The molecule has 0 aliphatic carbocycles. The van der Waals surface area contributed by atoms with Gasteiger partial charge in [0, 0.05) is 30.6 Å². The molecule has 1 unspecified atom stereocenters. The predicted octanol–water partition coefficient (Wildman–Crippen LogP) is 3.10. The predicted molar refractivity (Wildman–Crippen MR) is 93.8 cm³/mol. The van der Waals surface area contributed by atoms with Crippen molar-refractivity contribution in [2.24, 2.45) is 5.92 Å². The molecule has 3 rings (SSSR count). The van der Waals surface area contributed by atoms with E-state index in [9.17, 15) is 9.90 Å². The fourth-order valence-corrected chi connectivity index (χ4v) is 3.41. The number of hydrogen-bond acceptors (Lipinski definition) is 3. The van der Waals surface area contributed by atoms with E-state index in [-0.39, 0.29) is 24.3 Å². The van der Waals surface area contributed by atoms with Crippen LogP contribution in [0, 0.1) is 5.92 Å². The van der Waals surface area contributed by atoms with Crippen LogP contribution in [0.4, 0.5) is 0 Å². The summed E-state index contributed by atoms with van der Waals surface area (Å²) in [5, 5.41) is 14.4. The molecule has 1 aromatic carbocycles. The molecule has 24 heavy (non-hydrogen) atoms. The number of amides is 1. The summed E-state index contributed by atoms with van der Waals surface area (Å²) in [5.74, 6) is 0.309. The number of nitrogens with zero attached hydrogens (tertiary/aromatic N) is 3. The largest absolute Gasteiger partial charge is 0.396 e. The Bertz CT molecular complexity index is 742. The molecule has 1 fully saturated rings. The van der Waals surface area contributed by atoms with Crippen molar-refractivity contribution in [2.45, 2.75) is 26.2 Å². The Morgan fingerprint density at radius 3 is 2.88 bits per heavy atom. The first kappa shape index (κ1) is 17.0. The van der Waals surface area contributed by atoms with Gasteiger partial charge in [0.15, 0.2) is 0 Å². The van der Waals surface area contributed by atoms with Gasteiger partial charge in [-0.2, -0.15) is 5.10 Å². The molecule has 1 atom stereocenters. The smallest absolute Gasteiger partial charge is 0.257 e. The van der Waals surface area contributed by atoms with Gasteiger partial charge in [0.25, 0.3) is 5.91 Å². The minimum Gasteiger partial charge on any atom is -0.396 e. The molecule has 2 heterocycles. The minimum atomic E-state index is -0.0112. The molecule has 0 radical (unpaired) electrons. The summed E-state index contributed by atoms with van der Waals surface area (Å²) < 4.78 is 1.80. The quantitative estimate of drug-likeness (QED) is 0.924. The molecule has 2 aromatic rings. The van der Waals surface area contributed by atoms with Crippen molar-refractivity contribution in [1.29, 1.82) is 0 Å². The van der Waals surface area contributed by atoms with Gasteiger partial charge >= 0.3 is 0 Å². The van der Waals surface area contributed by atoms with Crippen molar-refractivity contribution in [3.8, 4) is 5.69 Å². The monoisotopic (exact) mass is 347 g/mol. The standard InChI is InChI=1S/C18H22ClN3O2/c1-12(2)17-16(18(24)21-7-6-13(10-21)11-23)9-20-22(17)15-5-3-4-14(19)8-15/h3-5,8-9,12-13,23H,6-7,10-11H2,1-2H3. The average Bonchev–Trinajstić information content (AvgIpc) is 3.21. The zero-order chi connectivity index (χ0) is 17.3. The Labute approximate surface area is 146 Å². The van der Waals surface area contributed by atoms with Crippen molar-refractivity contribution < 1.29 is 9.90 Å². The van der Waals surface area contributed by atoms with E-state index in [4.69, 9.17) is 11.6 Å². The van der Waals surface area contributed by atoms with Crippen molar-refractivity contribution in [3.05, 3.63) is 46.7 Å². The van der Waals surface area contributed by atoms with E-state index in [1.54, 1.807) is 10.9 Å². The summed E-state index contributed by atoms with van der Waals surface area (Å²) in [7, 11) is 0. The zero-order valence-electron chi connectivity index (χ0n) is 13.9. The van der Waals surface area contributed by atoms with E-state index in [1.165, 1.54) is 0 Å². The van der Waals surface area contributed by atoms with Gasteiger partial charge in [-0.1, -0.05) is 31.5 Å². The zero-order valence-corrected chi connectivity index (χ0v) is 14.7. The highest BCUT2D eigenvalue weighted by Gasteiger charge is 2.30. The average molecular weight is 348 g/mol. The second-order valence-electron chi connectivity index (χ2n) is 6.58. The van der Waals surface area contributed by atoms with Crippen molar-refractivity contribution in [3.63, 3.8) is 0 Å². The molecule has 1 saturated heterocycles. The number of halogens is 1. The summed E-state index contributed by atoms with van der Waals surface area (Å²) in [5.41, 5.74) is 2.36. The van der Waals surface area contributed by atoms with Gasteiger partial charge < -0.3 is 10.0 Å². The van der Waals surface area contributed by atoms with Crippen molar-refractivity contribution in [2.75, 3.05) is 19.7 Å². The third kappa shape index (κ3) is 3.19. The Hall–Kier alpha value is -1.85. The normalized spacial score (nSPS) is 17.7. The highest BCUT2D eigenvalue weighted by atomic mass is 35.5. The lowest BCUT2D eigenvalue weighted by atomic mass is 10.0. The second kappa shape index (κ2) is 6.95. The van der Waals surface area contributed by atoms with Gasteiger partial charge in [-0.15, -0.1) is 0 Å². The van der Waals surface area contributed by atoms with Gasteiger partial charge in [0.2, 0.25) is 0 Å². The molecule has 0 bridgehead atoms. The first-order valence-corrected chi connectivity index (χ1v) is 8.63. The Morgan fingerprint density at radius 2 is 2.25 bits per heavy atom. The van der Waals surface area contributed by atoms with Crippen LogP contribution < -0.4 is 0 Å². The van der Waals surface area contributed by atoms with Crippen LogP contribution in [0.5, 0.6) is 0 Å². The van der Waals surface area contributed by atoms with E-state index in [2.05, 4.69) is 18.9 Å². The third-order valence-electron chi connectivity index (χ3n) is 4.47. The molecule has 6 heteroatoms. The number of aliphatic hydroxyl groups is 1. The lowest BCUT2D eigenvalue weighted by Gasteiger charge is -2.18. The fourth-order valence-electron chi connectivity index (χ4n) is 3.23. The lowest BCUT2D eigenvalue weighted by molar-refractivity contribution is 0.0780. The Kier molecular flexibility index (Phi) is 4.92. The van der Waals surface area contributed by atoms with E-state index in [0.717, 1.165) is 17.8 Å². The minimum absolute atomic E-state index is 0.0112. The number of aliphatic hydroxyl groups excluding tert-OH is 1. The van der Waals surface area contributed by atoms with Crippen LogP contribution in [0.2, 0.25) is 5.02 Å². The van der Waals surface area contributed by atoms with Gasteiger partial charge in [-0.05, 0) is 30.5 Å². The molecule has 0 saturated carbocycles. The van der Waals surface area contributed by atoms with Crippen LogP contribution in [0.1, 0.15) is 42.2 Å². The van der Waals surface area contributed by atoms with E-state index < -0.39 is 0 Å². The summed E-state index contributed by atoms with van der Waals surface area (Å²) >= 11 is 6.09. The SMILES string of the molecule is CC(C)c1c(C(=O)N2CCC(CO)C2)cnn1-c1cccc(Cl)c1. The molecule has 128 valence electrons. The van der Waals surface area contributed by atoms with Crippen molar-refractivity contribution >= 4 is 17.5 Å². The van der Waals surface area contributed by atoms with Crippen LogP contribution in [0.25, 0.3) is 5.69 Å². The maximum Gasteiger partial charge on any atom is 0.257 e. The number of rotatable bonds is 4. The number of hydrogen-bond donors (Lipinski definition) is 1. The number of carbonyl (C=O) groups is 1. The third-order valence-corrected chi connectivity index (χ3v) is 4.70. The molecule has 1 aliphatic heterocycles. The number of benzene rings is 1. The Balaban J connectivity index is 1.96. The highest BCUT2D eigenvalue weighted by molar-refractivity contribution is 6.30. The number of aromatic nitrogens is 2. The lowest BCUT2D eigenvalue weighted by Crippen LogP contribution is -2.30. The molecule has 0 spiro atoms. The van der Waals surface area contributed by atoms with Gasteiger partial charge in [0.05, 0.1) is 23.1 Å².